The lowest BCUT2D eigenvalue weighted by atomic mass is 9.71. The molecule has 25 heavy (non-hydrogen) atoms. The van der Waals surface area contributed by atoms with Crippen LogP contribution in [0.4, 0.5) is 0 Å². The molecule has 0 amide bonds. The summed E-state index contributed by atoms with van der Waals surface area (Å²) in [7, 11) is 1.63. The maximum Gasteiger partial charge on any atom is 0.349 e. The van der Waals surface area contributed by atoms with Crippen molar-refractivity contribution >= 4 is 27.4 Å². The molecule has 1 heterocycles. The van der Waals surface area contributed by atoms with Crippen molar-refractivity contribution in [2.45, 2.75) is 53.1 Å². The molecule has 0 bridgehead atoms. The van der Waals surface area contributed by atoms with Crippen LogP contribution in [-0.2, 0) is 0 Å². The lowest BCUT2D eigenvalue weighted by Crippen LogP contribution is -2.34. The van der Waals surface area contributed by atoms with E-state index < -0.39 is 5.97 Å². The molecule has 0 radical (unpaired) electrons. The SMILES string of the molecule is COc1cc2c(OC3CC(C)CC(C)(C)C3)c(C(=O)O)sc2cc1C. The van der Waals surface area contributed by atoms with Crippen LogP contribution in [0.15, 0.2) is 12.1 Å². The van der Waals surface area contributed by atoms with Gasteiger partial charge in [-0.3, -0.25) is 0 Å². The largest absolute Gasteiger partial charge is 0.496 e. The minimum absolute atomic E-state index is 0.0435. The van der Waals surface area contributed by atoms with Crippen molar-refractivity contribution in [2.24, 2.45) is 11.3 Å². The highest BCUT2D eigenvalue weighted by molar-refractivity contribution is 7.21. The summed E-state index contributed by atoms with van der Waals surface area (Å²) in [4.78, 5) is 12.0. The van der Waals surface area contributed by atoms with Crippen LogP contribution in [0.3, 0.4) is 0 Å². The molecule has 0 spiro atoms. The fourth-order valence-electron chi connectivity index (χ4n) is 4.19. The van der Waals surface area contributed by atoms with Crippen LogP contribution in [0.5, 0.6) is 11.5 Å². The highest BCUT2D eigenvalue weighted by Crippen LogP contribution is 2.45. The van der Waals surface area contributed by atoms with Crippen molar-refractivity contribution in [1.29, 1.82) is 0 Å². The Morgan fingerprint density at radius 3 is 2.64 bits per heavy atom. The molecule has 2 atom stereocenters. The number of thiophene rings is 1. The van der Waals surface area contributed by atoms with Crippen molar-refractivity contribution in [1.82, 2.24) is 0 Å². The fourth-order valence-corrected chi connectivity index (χ4v) is 5.25. The first-order valence-corrected chi connectivity index (χ1v) is 9.53. The molecule has 5 heteroatoms. The first kappa shape index (κ1) is 18.1. The number of carbonyl (C=O) groups is 1. The van der Waals surface area contributed by atoms with Crippen molar-refractivity contribution in [3.8, 4) is 11.5 Å². The van der Waals surface area contributed by atoms with Crippen molar-refractivity contribution < 1.29 is 19.4 Å². The van der Waals surface area contributed by atoms with Gasteiger partial charge < -0.3 is 14.6 Å². The molecule has 1 saturated carbocycles. The summed E-state index contributed by atoms with van der Waals surface area (Å²) < 4.78 is 12.7. The average Bonchev–Trinajstić information content (AvgIpc) is 2.82. The van der Waals surface area contributed by atoms with Crippen LogP contribution in [0, 0.1) is 18.3 Å². The first-order valence-electron chi connectivity index (χ1n) is 8.71. The molecular formula is C20H26O4S. The number of fused-ring (bicyclic) bond motifs is 1. The van der Waals surface area contributed by atoms with E-state index in [9.17, 15) is 9.90 Å². The summed E-state index contributed by atoms with van der Waals surface area (Å²) in [5.74, 6) is 0.893. The number of rotatable bonds is 4. The third-order valence-electron chi connectivity index (χ3n) is 4.99. The predicted octanol–water partition coefficient (Wildman–Crippen LogP) is 5.51. The summed E-state index contributed by atoms with van der Waals surface area (Å²) in [6.45, 7) is 8.72. The molecule has 1 aliphatic rings. The average molecular weight is 362 g/mol. The third kappa shape index (κ3) is 3.61. The summed E-state index contributed by atoms with van der Waals surface area (Å²) in [6.07, 6.45) is 3.12. The zero-order chi connectivity index (χ0) is 18.4. The highest BCUT2D eigenvalue weighted by Gasteiger charge is 2.34. The number of methoxy groups -OCH3 is 1. The zero-order valence-corrected chi connectivity index (χ0v) is 16.3. The van der Waals surface area contributed by atoms with E-state index in [0.717, 1.165) is 34.2 Å². The van der Waals surface area contributed by atoms with Crippen molar-refractivity contribution in [3.63, 3.8) is 0 Å². The van der Waals surface area contributed by atoms with Gasteiger partial charge >= 0.3 is 5.97 Å². The summed E-state index contributed by atoms with van der Waals surface area (Å²) in [5, 5.41) is 10.5. The van der Waals surface area contributed by atoms with Gasteiger partial charge in [0.25, 0.3) is 0 Å². The van der Waals surface area contributed by atoms with Gasteiger partial charge in [-0.15, -0.1) is 11.3 Å². The number of aryl methyl sites for hydroxylation is 1. The molecule has 1 aromatic heterocycles. The lowest BCUT2D eigenvalue weighted by Gasteiger charge is -2.38. The Kier molecular flexibility index (Phi) is 4.71. The molecule has 1 N–H and O–H groups in total. The Hall–Kier alpha value is -1.75. The number of aromatic carboxylic acids is 1. The second kappa shape index (κ2) is 6.52. The van der Waals surface area contributed by atoms with Crippen LogP contribution in [0.2, 0.25) is 0 Å². The van der Waals surface area contributed by atoms with E-state index in [4.69, 9.17) is 9.47 Å². The summed E-state index contributed by atoms with van der Waals surface area (Å²) in [6, 6.07) is 3.88. The van der Waals surface area contributed by atoms with E-state index in [1.54, 1.807) is 7.11 Å². The number of carboxylic acid groups (broad SMARTS) is 1. The smallest absolute Gasteiger partial charge is 0.349 e. The molecule has 1 fully saturated rings. The Morgan fingerprint density at radius 2 is 2.04 bits per heavy atom. The van der Waals surface area contributed by atoms with E-state index in [2.05, 4.69) is 20.8 Å². The monoisotopic (exact) mass is 362 g/mol. The minimum atomic E-state index is -0.934. The van der Waals surface area contributed by atoms with Gasteiger partial charge in [-0.05, 0) is 55.2 Å². The minimum Gasteiger partial charge on any atom is -0.496 e. The Bertz CT molecular complexity index is 806. The second-order valence-electron chi connectivity index (χ2n) is 8.04. The predicted molar refractivity (Wildman–Crippen MR) is 101 cm³/mol. The number of hydrogen-bond donors (Lipinski definition) is 1. The molecule has 4 nitrogen and oxygen atoms in total. The number of ether oxygens (including phenoxy) is 2. The van der Waals surface area contributed by atoms with Crippen LogP contribution >= 0.6 is 11.3 Å². The molecule has 2 unspecified atom stereocenters. The highest BCUT2D eigenvalue weighted by atomic mass is 32.1. The van der Waals surface area contributed by atoms with Crippen LogP contribution in [-0.4, -0.2) is 24.3 Å². The Labute approximate surface area is 152 Å². The molecule has 136 valence electrons. The topological polar surface area (TPSA) is 55.8 Å². The summed E-state index contributed by atoms with van der Waals surface area (Å²) in [5.41, 5.74) is 1.21. The Balaban J connectivity index is 2.04. The van der Waals surface area contributed by atoms with Crippen molar-refractivity contribution in [2.75, 3.05) is 7.11 Å². The zero-order valence-electron chi connectivity index (χ0n) is 15.5. The van der Waals surface area contributed by atoms with Crippen LogP contribution in [0.25, 0.3) is 10.1 Å². The molecule has 0 saturated heterocycles. The van der Waals surface area contributed by atoms with E-state index in [1.807, 2.05) is 19.1 Å². The van der Waals surface area contributed by atoms with Gasteiger partial charge in [0.2, 0.25) is 0 Å². The Morgan fingerprint density at radius 1 is 1.32 bits per heavy atom. The maximum absolute atomic E-state index is 11.8. The first-order chi connectivity index (χ1) is 11.7. The normalized spacial score (nSPS) is 22.8. The van der Waals surface area contributed by atoms with Crippen molar-refractivity contribution in [3.05, 3.63) is 22.6 Å². The van der Waals surface area contributed by atoms with Crippen LogP contribution in [0.1, 0.15) is 55.3 Å². The quantitative estimate of drug-likeness (QED) is 0.779. The number of carboxylic acids is 1. The molecule has 1 aromatic carbocycles. The summed E-state index contributed by atoms with van der Waals surface area (Å²) >= 11 is 1.27. The van der Waals surface area contributed by atoms with E-state index in [0.29, 0.717) is 11.7 Å². The van der Waals surface area contributed by atoms with Gasteiger partial charge in [0.1, 0.15) is 5.75 Å². The molecular weight excluding hydrogens is 336 g/mol. The third-order valence-corrected chi connectivity index (χ3v) is 6.11. The number of benzene rings is 1. The van der Waals surface area contributed by atoms with Gasteiger partial charge in [0.15, 0.2) is 10.6 Å². The standard InChI is InChI=1S/C20H26O4S/c1-11-6-13(10-20(3,4)9-11)24-17-14-8-15(23-5)12(2)7-16(14)25-18(17)19(21)22/h7-8,11,13H,6,9-10H2,1-5H3,(H,21,22). The maximum atomic E-state index is 11.8. The van der Waals surface area contributed by atoms with E-state index >= 15 is 0 Å². The molecule has 2 aromatic rings. The van der Waals surface area contributed by atoms with Gasteiger partial charge in [0, 0.05) is 10.1 Å². The fraction of sp³-hybridized carbons (Fsp3) is 0.550. The van der Waals surface area contributed by atoms with Crippen LogP contribution < -0.4 is 9.47 Å². The van der Waals surface area contributed by atoms with Gasteiger partial charge in [-0.25, -0.2) is 4.79 Å². The van der Waals surface area contributed by atoms with Gasteiger partial charge in [0.05, 0.1) is 13.2 Å². The molecule has 3 rings (SSSR count). The molecule has 0 aliphatic heterocycles. The lowest BCUT2D eigenvalue weighted by molar-refractivity contribution is 0.0547. The van der Waals surface area contributed by atoms with E-state index in [-0.39, 0.29) is 16.4 Å². The molecule has 1 aliphatic carbocycles. The second-order valence-corrected chi connectivity index (χ2v) is 9.09. The van der Waals surface area contributed by atoms with Gasteiger partial charge in [-0.2, -0.15) is 0 Å². The number of hydrogen-bond acceptors (Lipinski definition) is 4. The van der Waals surface area contributed by atoms with E-state index in [1.165, 1.54) is 17.8 Å². The van der Waals surface area contributed by atoms with Gasteiger partial charge in [-0.1, -0.05) is 20.8 Å².